The van der Waals surface area contributed by atoms with E-state index >= 15 is 0 Å². The van der Waals surface area contributed by atoms with E-state index in [9.17, 15) is 0 Å². The van der Waals surface area contributed by atoms with Crippen LogP contribution in [0.1, 0.15) is 18.1 Å². The Hall–Kier alpha value is -2.51. The Morgan fingerprint density at radius 2 is 1.85 bits per heavy atom. The average Bonchev–Trinajstić information content (AvgIpc) is 3.15. The number of nitrogens with one attached hydrogen (secondary N) is 1. The summed E-state index contributed by atoms with van der Waals surface area (Å²) in [5.74, 6) is 1.91. The number of nitrogens with zero attached hydrogens (tertiary/aromatic N) is 4. The van der Waals surface area contributed by atoms with Gasteiger partial charge in [-0.2, -0.15) is 0 Å². The summed E-state index contributed by atoms with van der Waals surface area (Å²) in [5.41, 5.74) is 1.93. The molecule has 0 saturated heterocycles. The molecule has 27 heavy (non-hydrogen) atoms. The van der Waals surface area contributed by atoms with Crippen molar-refractivity contribution in [1.82, 2.24) is 20.2 Å². The number of hydrogen-bond acceptors (Lipinski definition) is 6. The standard InChI is InChI=1S/C18H19Cl2N5O2/c1-3-25-18(22-23-24-25)21-10-12-5-7-16(17(9-12)26-2)27-11-13-4-6-14(19)15(20)8-13/h4-9H,3,10-11H2,1-2H3,(H,21,22,24). The second kappa shape index (κ2) is 8.92. The van der Waals surface area contributed by atoms with Gasteiger partial charge in [-0.05, 0) is 52.7 Å². The van der Waals surface area contributed by atoms with Gasteiger partial charge in [0.05, 0.1) is 17.2 Å². The monoisotopic (exact) mass is 407 g/mol. The fourth-order valence-electron chi connectivity index (χ4n) is 2.46. The van der Waals surface area contributed by atoms with Crippen molar-refractivity contribution in [3.63, 3.8) is 0 Å². The highest BCUT2D eigenvalue weighted by molar-refractivity contribution is 6.42. The first-order chi connectivity index (χ1) is 13.1. The molecule has 0 amide bonds. The largest absolute Gasteiger partial charge is 0.493 e. The van der Waals surface area contributed by atoms with Crippen LogP contribution < -0.4 is 14.8 Å². The zero-order valence-electron chi connectivity index (χ0n) is 14.9. The molecule has 0 atom stereocenters. The molecule has 0 aliphatic carbocycles. The van der Waals surface area contributed by atoms with Crippen LogP contribution >= 0.6 is 23.2 Å². The lowest BCUT2D eigenvalue weighted by molar-refractivity contribution is 0.284. The first-order valence-corrected chi connectivity index (χ1v) is 9.10. The maximum atomic E-state index is 6.04. The quantitative estimate of drug-likeness (QED) is 0.602. The molecule has 0 aliphatic rings. The number of halogens is 2. The summed E-state index contributed by atoms with van der Waals surface area (Å²) >= 11 is 12.0. The van der Waals surface area contributed by atoms with E-state index in [0.29, 0.717) is 47.2 Å². The maximum absolute atomic E-state index is 6.04. The van der Waals surface area contributed by atoms with Crippen molar-refractivity contribution < 1.29 is 9.47 Å². The smallest absolute Gasteiger partial charge is 0.243 e. The summed E-state index contributed by atoms with van der Waals surface area (Å²) in [4.78, 5) is 0. The third-order valence-corrected chi connectivity index (χ3v) is 4.63. The lowest BCUT2D eigenvalue weighted by Crippen LogP contribution is -2.08. The highest BCUT2D eigenvalue weighted by Crippen LogP contribution is 2.30. The fourth-order valence-corrected chi connectivity index (χ4v) is 2.78. The first kappa shape index (κ1) is 19.3. The summed E-state index contributed by atoms with van der Waals surface area (Å²) in [7, 11) is 1.61. The fraction of sp³-hybridized carbons (Fsp3) is 0.278. The zero-order chi connectivity index (χ0) is 19.2. The van der Waals surface area contributed by atoms with Crippen molar-refractivity contribution in [2.24, 2.45) is 0 Å². The molecule has 3 aromatic rings. The van der Waals surface area contributed by atoms with E-state index in [1.807, 2.05) is 31.2 Å². The topological polar surface area (TPSA) is 74.1 Å². The van der Waals surface area contributed by atoms with Gasteiger partial charge >= 0.3 is 0 Å². The molecule has 0 spiro atoms. The van der Waals surface area contributed by atoms with Gasteiger partial charge < -0.3 is 14.8 Å². The number of methoxy groups -OCH3 is 1. The van der Waals surface area contributed by atoms with Crippen molar-refractivity contribution in [2.45, 2.75) is 26.6 Å². The molecule has 0 fully saturated rings. The zero-order valence-corrected chi connectivity index (χ0v) is 16.5. The lowest BCUT2D eigenvalue weighted by atomic mass is 10.2. The van der Waals surface area contributed by atoms with Crippen LogP contribution in [-0.2, 0) is 19.7 Å². The Labute approximate surface area is 167 Å². The Bertz CT molecular complexity index is 917. The number of ether oxygens (including phenoxy) is 2. The predicted octanol–water partition coefficient (Wildman–Crippen LogP) is 4.20. The molecule has 0 saturated carbocycles. The highest BCUT2D eigenvalue weighted by Gasteiger charge is 2.09. The number of benzene rings is 2. The van der Waals surface area contributed by atoms with Crippen LogP contribution in [0.25, 0.3) is 0 Å². The number of rotatable bonds is 8. The van der Waals surface area contributed by atoms with Gasteiger partial charge in [-0.1, -0.05) is 40.4 Å². The molecule has 9 heteroatoms. The summed E-state index contributed by atoms with van der Waals surface area (Å²) in [6.45, 7) is 3.59. The number of anilines is 1. The number of aryl methyl sites for hydroxylation is 1. The van der Waals surface area contributed by atoms with Gasteiger partial charge in [-0.25, -0.2) is 4.68 Å². The molecule has 0 bridgehead atoms. The van der Waals surface area contributed by atoms with Gasteiger partial charge in [0, 0.05) is 13.1 Å². The predicted molar refractivity (Wildman–Crippen MR) is 105 cm³/mol. The third-order valence-electron chi connectivity index (χ3n) is 3.89. The molecule has 1 aromatic heterocycles. The normalized spacial score (nSPS) is 10.7. The van der Waals surface area contributed by atoms with Crippen molar-refractivity contribution in [1.29, 1.82) is 0 Å². The van der Waals surface area contributed by atoms with E-state index in [2.05, 4.69) is 20.8 Å². The van der Waals surface area contributed by atoms with Crippen molar-refractivity contribution in [2.75, 3.05) is 12.4 Å². The summed E-state index contributed by atoms with van der Waals surface area (Å²) < 4.78 is 13.0. The second-order valence-corrected chi connectivity index (χ2v) is 6.51. The lowest BCUT2D eigenvalue weighted by Gasteiger charge is -2.13. The Balaban J connectivity index is 1.65. The van der Waals surface area contributed by atoms with Crippen LogP contribution in [0.2, 0.25) is 10.0 Å². The SMILES string of the molecule is CCn1nnnc1NCc1ccc(OCc2ccc(Cl)c(Cl)c2)c(OC)c1. The highest BCUT2D eigenvalue weighted by atomic mass is 35.5. The van der Waals surface area contributed by atoms with Gasteiger partial charge in [-0.15, -0.1) is 0 Å². The van der Waals surface area contributed by atoms with Crippen LogP contribution in [0.4, 0.5) is 5.95 Å². The molecule has 142 valence electrons. The van der Waals surface area contributed by atoms with Gasteiger partial charge in [-0.3, -0.25) is 0 Å². The Kier molecular flexibility index (Phi) is 6.36. The van der Waals surface area contributed by atoms with Gasteiger partial charge in [0.15, 0.2) is 11.5 Å². The average molecular weight is 408 g/mol. The van der Waals surface area contributed by atoms with Gasteiger partial charge in [0.2, 0.25) is 5.95 Å². The summed E-state index contributed by atoms with van der Waals surface area (Å²) in [5, 5.41) is 15.7. The van der Waals surface area contributed by atoms with E-state index in [1.165, 1.54) is 0 Å². The second-order valence-electron chi connectivity index (χ2n) is 5.69. The molecule has 1 heterocycles. The molecular formula is C18H19Cl2N5O2. The van der Waals surface area contributed by atoms with Crippen molar-refractivity contribution in [3.05, 3.63) is 57.6 Å². The molecule has 0 unspecified atom stereocenters. The molecule has 0 radical (unpaired) electrons. The van der Waals surface area contributed by atoms with Crippen LogP contribution in [0.5, 0.6) is 11.5 Å². The number of tetrazole rings is 1. The van der Waals surface area contributed by atoms with Gasteiger partial charge in [0.25, 0.3) is 0 Å². The van der Waals surface area contributed by atoms with E-state index in [1.54, 1.807) is 23.9 Å². The molecule has 0 aliphatic heterocycles. The van der Waals surface area contributed by atoms with Gasteiger partial charge in [0.1, 0.15) is 6.61 Å². The number of hydrogen-bond donors (Lipinski definition) is 1. The molecule has 7 nitrogen and oxygen atoms in total. The van der Waals surface area contributed by atoms with Crippen molar-refractivity contribution >= 4 is 29.2 Å². The minimum Gasteiger partial charge on any atom is -0.493 e. The van der Waals surface area contributed by atoms with Crippen LogP contribution in [0, 0.1) is 0 Å². The Morgan fingerprint density at radius 3 is 2.59 bits per heavy atom. The van der Waals surface area contributed by atoms with E-state index in [-0.39, 0.29) is 0 Å². The van der Waals surface area contributed by atoms with E-state index in [4.69, 9.17) is 32.7 Å². The molecular weight excluding hydrogens is 389 g/mol. The molecule has 1 N–H and O–H groups in total. The van der Waals surface area contributed by atoms with Crippen LogP contribution in [-0.4, -0.2) is 27.3 Å². The minimum absolute atomic E-state index is 0.357. The maximum Gasteiger partial charge on any atom is 0.243 e. The first-order valence-electron chi connectivity index (χ1n) is 8.34. The number of aromatic nitrogens is 4. The molecule has 3 rings (SSSR count). The van der Waals surface area contributed by atoms with Crippen molar-refractivity contribution in [3.8, 4) is 11.5 Å². The van der Waals surface area contributed by atoms with Crippen LogP contribution in [0.3, 0.4) is 0 Å². The third kappa shape index (κ3) is 4.81. The summed E-state index contributed by atoms with van der Waals surface area (Å²) in [6, 6.07) is 11.1. The Morgan fingerprint density at radius 1 is 1.04 bits per heavy atom. The minimum atomic E-state index is 0.357. The molecule has 2 aromatic carbocycles. The van der Waals surface area contributed by atoms with E-state index in [0.717, 1.165) is 11.1 Å². The van der Waals surface area contributed by atoms with Crippen LogP contribution in [0.15, 0.2) is 36.4 Å². The summed E-state index contributed by atoms with van der Waals surface area (Å²) in [6.07, 6.45) is 0. The van der Waals surface area contributed by atoms with E-state index < -0.39 is 0 Å².